The summed E-state index contributed by atoms with van der Waals surface area (Å²) in [6.45, 7) is 2.31. The average Bonchev–Trinajstić information content (AvgIpc) is 2.80. The maximum absolute atomic E-state index is 14.4. The standard InChI is InChI=1S/C24H27F2NO5/c1-4-32-23(29)24(14-16-6-7-17(25)12-20(16)26)10-5-11-27(15-24)22(28)19-13-18(30-2)8-9-21(19)31-3/h6-9,12-13H,4-5,10-11,14-15H2,1-3H3. The topological polar surface area (TPSA) is 65.1 Å². The van der Waals surface area contributed by atoms with E-state index in [-0.39, 0.29) is 31.0 Å². The van der Waals surface area contributed by atoms with Crippen molar-refractivity contribution in [2.24, 2.45) is 5.41 Å². The minimum atomic E-state index is -1.14. The van der Waals surface area contributed by atoms with Crippen molar-refractivity contribution in [3.05, 3.63) is 59.2 Å². The summed E-state index contributed by atoms with van der Waals surface area (Å²) in [5.74, 6) is -1.37. The first-order valence-corrected chi connectivity index (χ1v) is 10.5. The van der Waals surface area contributed by atoms with Crippen LogP contribution in [-0.2, 0) is 16.0 Å². The summed E-state index contributed by atoms with van der Waals surface area (Å²) in [5, 5.41) is 0. The molecule has 1 fully saturated rings. The van der Waals surface area contributed by atoms with Gasteiger partial charge in [0.2, 0.25) is 0 Å². The number of piperidine rings is 1. The summed E-state index contributed by atoms with van der Waals surface area (Å²) in [7, 11) is 2.97. The smallest absolute Gasteiger partial charge is 0.314 e. The Balaban J connectivity index is 1.95. The van der Waals surface area contributed by atoms with E-state index in [9.17, 15) is 18.4 Å². The largest absolute Gasteiger partial charge is 0.497 e. The average molecular weight is 447 g/mol. The van der Waals surface area contributed by atoms with E-state index in [0.717, 1.165) is 12.1 Å². The van der Waals surface area contributed by atoms with Gasteiger partial charge in [-0.2, -0.15) is 0 Å². The van der Waals surface area contributed by atoms with Crippen LogP contribution in [0.5, 0.6) is 11.5 Å². The molecule has 0 radical (unpaired) electrons. The Morgan fingerprint density at radius 1 is 1.09 bits per heavy atom. The van der Waals surface area contributed by atoms with Crippen LogP contribution in [0, 0.1) is 17.0 Å². The van der Waals surface area contributed by atoms with Crippen LogP contribution in [0.15, 0.2) is 36.4 Å². The van der Waals surface area contributed by atoms with Gasteiger partial charge in [-0.1, -0.05) is 6.07 Å². The van der Waals surface area contributed by atoms with Crippen molar-refractivity contribution in [3.8, 4) is 11.5 Å². The van der Waals surface area contributed by atoms with Gasteiger partial charge in [-0.3, -0.25) is 9.59 Å². The van der Waals surface area contributed by atoms with E-state index < -0.39 is 23.0 Å². The van der Waals surface area contributed by atoms with Crippen molar-refractivity contribution in [2.45, 2.75) is 26.2 Å². The molecule has 1 saturated heterocycles. The molecule has 3 rings (SSSR count). The van der Waals surface area contributed by atoms with E-state index in [1.165, 1.54) is 20.3 Å². The van der Waals surface area contributed by atoms with E-state index in [1.807, 2.05) is 0 Å². The summed E-state index contributed by atoms with van der Waals surface area (Å²) >= 11 is 0. The molecule has 6 nitrogen and oxygen atoms in total. The zero-order chi connectivity index (χ0) is 23.3. The summed E-state index contributed by atoms with van der Waals surface area (Å²) in [6.07, 6.45) is 0.943. The Morgan fingerprint density at radius 2 is 1.88 bits per heavy atom. The van der Waals surface area contributed by atoms with E-state index in [1.54, 1.807) is 30.0 Å². The Kier molecular flexibility index (Phi) is 7.33. The molecular weight excluding hydrogens is 420 g/mol. The summed E-state index contributed by atoms with van der Waals surface area (Å²) < 4.78 is 43.7. The third kappa shape index (κ3) is 4.84. The molecule has 0 bridgehead atoms. The lowest BCUT2D eigenvalue weighted by atomic mass is 9.74. The molecule has 172 valence electrons. The van der Waals surface area contributed by atoms with Crippen LogP contribution >= 0.6 is 0 Å². The number of halogens is 2. The van der Waals surface area contributed by atoms with E-state index in [2.05, 4.69) is 0 Å². The highest BCUT2D eigenvalue weighted by Gasteiger charge is 2.45. The van der Waals surface area contributed by atoms with Crippen LogP contribution in [0.4, 0.5) is 8.78 Å². The first-order valence-electron chi connectivity index (χ1n) is 10.5. The first-order chi connectivity index (χ1) is 15.3. The fraction of sp³-hybridized carbons (Fsp3) is 0.417. The number of methoxy groups -OCH3 is 2. The number of amides is 1. The monoisotopic (exact) mass is 447 g/mol. The third-order valence-corrected chi connectivity index (χ3v) is 5.75. The van der Waals surface area contributed by atoms with Crippen molar-refractivity contribution in [3.63, 3.8) is 0 Å². The highest BCUT2D eigenvalue weighted by molar-refractivity contribution is 5.98. The van der Waals surface area contributed by atoms with Crippen LogP contribution < -0.4 is 9.47 Å². The number of hydrogen-bond acceptors (Lipinski definition) is 5. The van der Waals surface area contributed by atoms with Crippen molar-refractivity contribution in [1.29, 1.82) is 0 Å². The van der Waals surface area contributed by atoms with Gasteiger partial charge >= 0.3 is 5.97 Å². The van der Waals surface area contributed by atoms with Gasteiger partial charge in [0.05, 0.1) is 31.8 Å². The van der Waals surface area contributed by atoms with Crippen LogP contribution in [0.25, 0.3) is 0 Å². The van der Waals surface area contributed by atoms with Crippen molar-refractivity contribution in [2.75, 3.05) is 33.9 Å². The molecule has 0 N–H and O–H groups in total. The minimum absolute atomic E-state index is 0.00300. The molecule has 2 aromatic carbocycles. The van der Waals surface area contributed by atoms with E-state index in [0.29, 0.717) is 36.4 Å². The SMILES string of the molecule is CCOC(=O)C1(Cc2ccc(F)cc2F)CCCN(C(=O)c2cc(OC)ccc2OC)C1. The lowest BCUT2D eigenvalue weighted by Crippen LogP contribution is -2.51. The molecule has 1 atom stereocenters. The minimum Gasteiger partial charge on any atom is -0.497 e. The highest BCUT2D eigenvalue weighted by atomic mass is 19.1. The second kappa shape index (κ2) is 9.97. The Bertz CT molecular complexity index is 996. The number of nitrogens with zero attached hydrogens (tertiary/aromatic N) is 1. The third-order valence-electron chi connectivity index (χ3n) is 5.75. The van der Waals surface area contributed by atoms with Gasteiger partial charge in [0.15, 0.2) is 0 Å². The quantitative estimate of drug-likeness (QED) is 0.600. The van der Waals surface area contributed by atoms with Gasteiger partial charge in [-0.15, -0.1) is 0 Å². The van der Waals surface area contributed by atoms with Crippen LogP contribution in [0.2, 0.25) is 0 Å². The number of rotatable bonds is 7. The number of carbonyl (C=O) groups is 2. The molecule has 8 heteroatoms. The summed E-state index contributed by atoms with van der Waals surface area (Å²) in [4.78, 5) is 28.0. The molecule has 1 unspecified atom stereocenters. The number of hydrogen-bond donors (Lipinski definition) is 0. The van der Waals surface area contributed by atoms with Crippen molar-refractivity contribution < 1.29 is 32.6 Å². The molecule has 32 heavy (non-hydrogen) atoms. The van der Waals surface area contributed by atoms with Crippen LogP contribution in [0.1, 0.15) is 35.7 Å². The van der Waals surface area contributed by atoms with Gasteiger partial charge in [-0.25, -0.2) is 8.78 Å². The van der Waals surface area contributed by atoms with Gasteiger partial charge < -0.3 is 19.1 Å². The summed E-state index contributed by atoms with van der Waals surface area (Å²) in [6, 6.07) is 8.19. The number of carbonyl (C=O) groups excluding carboxylic acids is 2. The highest BCUT2D eigenvalue weighted by Crippen LogP contribution is 2.37. The van der Waals surface area contributed by atoms with Crippen molar-refractivity contribution in [1.82, 2.24) is 4.90 Å². The molecule has 0 aromatic heterocycles. The molecular formula is C24H27F2NO5. The molecule has 0 spiro atoms. The first kappa shape index (κ1) is 23.5. The summed E-state index contributed by atoms with van der Waals surface area (Å²) in [5.41, 5.74) is -0.638. The van der Waals surface area contributed by atoms with Gasteiger partial charge in [0.1, 0.15) is 23.1 Å². The van der Waals surface area contributed by atoms with Crippen LogP contribution in [0.3, 0.4) is 0 Å². The lowest BCUT2D eigenvalue weighted by Gasteiger charge is -2.41. The molecule has 0 saturated carbocycles. The fourth-order valence-electron chi connectivity index (χ4n) is 4.15. The molecule has 1 amide bonds. The molecule has 1 heterocycles. The molecule has 2 aromatic rings. The van der Waals surface area contributed by atoms with Gasteiger partial charge in [-0.05, 0) is 56.0 Å². The maximum Gasteiger partial charge on any atom is 0.314 e. The lowest BCUT2D eigenvalue weighted by molar-refractivity contribution is -0.158. The second-order valence-corrected chi connectivity index (χ2v) is 7.81. The number of likely N-dealkylation sites (tertiary alicyclic amines) is 1. The molecule has 0 aliphatic carbocycles. The van der Waals surface area contributed by atoms with Gasteiger partial charge in [0, 0.05) is 19.2 Å². The normalized spacial score (nSPS) is 18.2. The number of benzene rings is 2. The van der Waals surface area contributed by atoms with Gasteiger partial charge in [0.25, 0.3) is 5.91 Å². The van der Waals surface area contributed by atoms with E-state index in [4.69, 9.17) is 14.2 Å². The Hall–Kier alpha value is -3.16. The Labute approximate surface area is 186 Å². The molecule has 1 aliphatic heterocycles. The van der Waals surface area contributed by atoms with Crippen molar-refractivity contribution >= 4 is 11.9 Å². The maximum atomic E-state index is 14.4. The zero-order valence-corrected chi connectivity index (χ0v) is 18.5. The zero-order valence-electron chi connectivity index (χ0n) is 18.5. The fourth-order valence-corrected chi connectivity index (χ4v) is 4.15. The predicted molar refractivity (Wildman–Crippen MR) is 114 cm³/mol. The second-order valence-electron chi connectivity index (χ2n) is 7.81. The number of ether oxygens (including phenoxy) is 3. The van der Waals surface area contributed by atoms with E-state index >= 15 is 0 Å². The predicted octanol–water partition coefficient (Wildman–Crippen LogP) is 4.01. The number of esters is 1. The Morgan fingerprint density at radius 3 is 2.53 bits per heavy atom. The molecule has 1 aliphatic rings. The van der Waals surface area contributed by atoms with Crippen LogP contribution in [-0.4, -0.2) is 50.7 Å².